The van der Waals surface area contributed by atoms with Crippen molar-refractivity contribution in [3.05, 3.63) is 35.4 Å². The van der Waals surface area contributed by atoms with Crippen LogP contribution in [0.15, 0.2) is 24.3 Å². The summed E-state index contributed by atoms with van der Waals surface area (Å²) in [5.74, 6) is 1.01. The van der Waals surface area contributed by atoms with Gasteiger partial charge in [0.2, 0.25) is 5.91 Å². The fraction of sp³-hybridized carbons (Fsp3) is 0.611. The van der Waals surface area contributed by atoms with Crippen molar-refractivity contribution in [1.82, 2.24) is 9.80 Å². The van der Waals surface area contributed by atoms with Crippen LogP contribution in [0.5, 0.6) is 0 Å². The molecule has 1 saturated heterocycles. The number of nitrogens with zero attached hydrogens (tertiary/aromatic N) is 2. The first-order valence-corrected chi connectivity index (χ1v) is 8.52. The van der Waals surface area contributed by atoms with Crippen molar-refractivity contribution in [1.29, 1.82) is 0 Å². The van der Waals surface area contributed by atoms with Crippen molar-refractivity contribution < 1.29 is 18.0 Å². The van der Waals surface area contributed by atoms with Gasteiger partial charge in [-0.2, -0.15) is 13.2 Å². The van der Waals surface area contributed by atoms with Crippen molar-refractivity contribution in [2.45, 2.75) is 32.5 Å². The van der Waals surface area contributed by atoms with Gasteiger partial charge in [0.15, 0.2) is 0 Å². The Morgan fingerprint density at radius 2 is 1.79 bits per heavy atom. The molecule has 2 aliphatic rings. The zero-order chi connectivity index (χ0) is 17.3. The Balaban J connectivity index is 1.54. The lowest BCUT2D eigenvalue weighted by atomic mass is 10.1. The minimum atomic E-state index is -4.29. The first-order chi connectivity index (χ1) is 11.3. The predicted molar refractivity (Wildman–Crippen MR) is 85.2 cm³/mol. The van der Waals surface area contributed by atoms with Crippen molar-refractivity contribution in [2.75, 3.05) is 26.2 Å². The average Bonchev–Trinajstić information content (AvgIpc) is 3.29. The third-order valence-corrected chi connectivity index (χ3v) is 5.01. The van der Waals surface area contributed by atoms with Gasteiger partial charge in [-0.05, 0) is 36.5 Å². The Kier molecular flexibility index (Phi) is 4.85. The van der Waals surface area contributed by atoms with Crippen LogP contribution < -0.4 is 0 Å². The van der Waals surface area contributed by atoms with E-state index >= 15 is 0 Å². The monoisotopic (exact) mass is 340 g/mol. The first kappa shape index (κ1) is 17.3. The van der Waals surface area contributed by atoms with Gasteiger partial charge in [0.05, 0.1) is 5.56 Å². The van der Waals surface area contributed by atoms with E-state index in [1.54, 1.807) is 12.1 Å². The molecule has 3 nitrogen and oxygen atoms in total. The lowest BCUT2D eigenvalue weighted by molar-refractivity contribution is -0.137. The average molecular weight is 340 g/mol. The van der Waals surface area contributed by atoms with E-state index in [9.17, 15) is 18.0 Å². The second-order valence-electron chi connectivity index (χ2n) is 6.97. The number of halogens is 3. The van der Waals surface area contributed by atoms with Crippen LogP contribution in [0.4, 0.5) is 13.2 Å². The normalized spacial score (nSPS) is 25.4. The summed E-state index contributed by atoms with van der Waals surface area (Å²) in [5.41, 5.74) is 0.260. The third-order valence-electron chi connectivity index (χ3n) is 5.01. The van der Waals surface area contributed by atoms with E-state index in [4.69, 9.17) is 0 Å². The van der Waals surface area contributed by atoms with Crippen LogP contribution in [0.3, 0.4) is 0 Å². The first-order valence-electron chi connectivity index (χ1n) is 8.52. The van der Waals surface area contributed by atoms with Crippen LogP contribution in [0.1, 0.15) is 30.9 Å². The fourth-order valence-electron chi connectivity index (χ4n) is 3.31. The molecule has 132 valence electrons. The van der Waals surface area contributed by atoms with E-state index in [1.165, 1.54) is 0 Å². The summed E-state index contributed by atoms with van der Waals surface area (Å²) in [6.07, 6.45) is -2.37. The summed E-state index contributed by atoms with van der Waals surface area (Å²) in [6.45, 7) is 5.87. The van der Waals surface area contributed by atoms with Crippen LogP contribution >= 0.6 is 0 Å². The molecule has 0 N–H and O–H groups in total. The fourth-order valence-corrected chi connectivity index (χ4v) is 3.31. The standard InChI is InChI=1S/C18H23F3N2O/c1-13-11-16(13)17(24)23-8-2-7-22(9-10-23)12-14-3-5-15(6-4-14)18(19,20)21/h3-6,13,16H,2,7-12H2,1H3. The summed E-state index contributed by atoms with van der Waals surface area (Å²) < 4.78 is 37.8. The van der Waals surface area contributed by atoms with Gasteiger partial charge in [0.1, 0.15) is 0 Å². The van der Waals surface area contributed by atoms with Crippen LogP contribution in [0, 0.1) is 11.8 Å². The number of carbonyl (C=O) groups excluding carboxylic acids is 1. The smallest absolute Gasteiger partial charge is 0.341 e. The highest BCUT2D eigenvalue weighted by atomic mass is 19.4. The Bertz CT molecular complexity index is 585. The van der Waals surface area contributed by atoms with Gasteiger partial charge in [-0.15, -0.1) is 0 Å². The molecule has 6 heteroatoms. The van der Waals surface area contributed by atoms with E-state index in [0.29, 0.717) is 19.0 Å². The molecular weight excluding hydrogens is 317 g/mol. The Hall–Kier alpha value is -1.56. The second kappa shape index (κ2) is 6.75. The highest BCUT2D eigenvalue weighted by molar-refractivity contribution is 5.81. The summed E-state index contributed by atoms with van der Waals surface area (Å²) in [7, 11) is 0. The Morgan fingerprint density at radius 3 is 2.38 bits per heavy atom. The lowest BCUT2D eigenvalue weighted by Crippen LogP contribution is -2.36. The number of amides is 1. The lowest BCUT2D eigenvalue weighted by Gasteiger charge is -2.22. The van der Waals surface area contributed by atoms with Gasteiger partial charge in [0, 0.05) is 38.6 Å². The minimum absolute atomic E-state index is 0.214. The topological polar surface area (TPSA) is 23.6 Å². The van der Waals surface area contributed by atoms with E-state index in [0.717, 1.165) is 50.2 Å². The number of hydrogen-bond donors (Lipinski definition) is 0. The molecule has 1 aliphatic heterocycles. The van der Waals surface area contributed by atoms with Gasteiger partial charge in [-0.3, -0.25) is 9.69 Å². The Morgan fingerprint density at radius 1 is 1.12 bits per heavy atom. The van der Waals surface area contributed by atoms with E-state index in [1.807, 2.05) is 4.90 Å². The molecule has 1 saturated carbocycles. The molecule has 2 fully saturated rings. The van der Waals surface area contributed by atoms with E-state index in [-0.39, 0.29) is 11.8 Å². The largest absolute Gasteiger partial charge is 0.416 e. The third kappa shape index (κ3) is 4.09. The molecule has 1 aromatic rings. The van der Waals surface area contributed by atoms with E-state index < -0.39 is 11.7 Å². The maximum atomic E-state index is 12.6. The number of alkyl halides is 3. The minimum Gasteiger partial charge on any atom is -0.341 e. The SMILES string of the molecule is CC1CC1C(=O)N1CCCN(Cc2ccc(C(F)(F)F)cc2)CC1. The summed E-state index contributed by atoms with van der Waals surface area (Å²) in [4.78, 5) is 16.5. The molecule has 1 amide bonds. The van der Waals surface area contributed by atoms with E-state index in [2.05, 4.69) is 11.8 Å². The molecular formula is C18H23F3N2O. The molecule has 1 aliphatic carbocycles. The molecule has 3 rings (SSSR count). The van der Waals surface area contributed by atoms with Gasteiger partial charge in [-0.1, -0.05) is 19.1 Å². The number of hydrogen-bond acceptors (Lipinski definition) is 2. The van der Waals surface area contributed by atoms with Crippen molar-refractivity contribution in [2.24, 2.45) is 11.8 Å². The molecule has 0 aromatic heterocycles. The zero-order valence-corrected chi connectivity index (χ0v) is 13.9. The molecule has 2 atom stereocenters. The number of carbonyl (C=O) groups is 1. The zero-order valence-electron chi connectivity index (χ0n) is 13.9. The molecule has 2 unspecified atom stereocenters. The Labute approximate surface area is 140 Å². The molecule has 0 radical (unpaired) electrons. The van der Waals surface area contributed by atoms with Crippen LogP contribution in [-0.2, 0) is 17.5 Å². The van der Waals surface area contributed by atoms with Gasteiger partial charge in [-0.25, -0.2) is 0 Å². The van der Waals surface area contributed by atoms with Gasteiger partial charge in [0.25, 0.3) is 0 Å². The van der Waals surface area contributed by atoms with Crippen LogP contribution in [0.2, 0.25) is 0 Å². The number of rotatable bonds is 3. The molecule has 1 heterocycles. The quantitative estimate of drug-likeness (QED) is 0.842. The highest BCUT2D eigenvalue weighted by Crippen LogP contribution is 2.39. The van der Waals surface area contributed by atoms with Crippen molar-refractivity contribution in [3.63, 3.8) is 0 Å². The van der Waals surface area contributed by atoms with Gasteiger partial charge >= 0.3 is 6.18 Å². The molecule has 0 spiro atoms. The van der Waals surface area contributed by atoms with Crippen molar-refractivity contribution in [3.8, 4) is 0 Å². The highest BCUT2D eigenvalue weighted by Gasteiger charge is 2.41. The van der Waals surface area contributed by atoms with Crippen LogP contribution in [0.25, 0.3) is 0 Å². The predicted octanol–water partition coefficient (Wildman–Crippen LogP) is 3.40. The number of benzene rings is 1. The maximum Gasteiger partial charge on any atom is 0.416 e. The molecule has 1 aromatic carbocycles. The van der Waals surface area contributed by atoms with Crippen LogP contribution in [-0.4, -0.2) is 41.9 Å². The molecule has 0 bridgehead atoms. The summed E-state index contributed by atoms with van der Waals surface area (Å²) in [5, 5.41) is 0. The van der Waals surface area contributed by atoms with Gasteiger partial charge < -0.3 is 4.90 Å². The molecule has 24 heavy (non-hydrogen) atoms. The maximum absolute atomic E-state index is 12.6. The van der Waals surface area contributed by atoms with Crippen molar-refractivity contribution >= 4 is 5.91 Å². The summed E-state index contributed by atoms with van der Waals surface area (Å²) in [6, 6.07) is 5.36. The summed E-state index contributed by atoms with van der Waals surface area (Å²) >= 11 is 0. The second-order valence-corrected chi connectivity index (χ2v) is 6.97.